The third-order valence-electron chi connectivity index (χ3n) is 4.43. The van der Waals surface area contributed by atoms with Gasteiger partial charge in [0.05, 0.1) is 0 Å². The van der Waals surface area contributed by atoms with Gasteiger partial charge in [-0.1, -0.05) is 25.8 Å². The lowest BCUT2D eigenvalue weighted by molar-refractivity contribution is 0.195. The van der Waals surface area contributed by atoms with Gasteiger partial charge >= 0.3 is 0 Å². The highest BCUT2D eigenvalue weighted by Gasteiger charge is 2.39. The maximum atomic E-state index is 4.35. The molecule has 1 atom stereocenters. The molecule has 17 heavy (non-hydrogen) atoms. The lowest BCUT2D eigenvalue weighted by atomic mass is 9.73. The number of rotatable bonds is 4. The Hall–Kier alpha value is -0.890. The Labute approximate surface area is 105 Å². The molecule has 1 heterocycles. The Kier molecular flexibility index (Phi) is 3.82. The van der Waals surface area contributed by atoms with Gasteiger partial charge in [0, 0.05) is 18.4 Å². The molecule has 1 aromatic heterocycles. The van der Waals surface area contributed by atoms with Gasteiger partial charge in [0.2, 0.25) is 0 Å². The predicted molar refractivity (Wildman–Crippen MR) is 72.0 cm³/mol. The van der Waals surface area contributed by atoms with E-state index in [1.807, 2.05) is 12.4 Å². The van der Waals surface area contributed by atoms with Crippen molar-refractivity contribution in [1.82, 2.24) is 10.3 Å². The number of aromatic nitrogens is 1. The van der Waals surface area contributed by atoms with E-state index in [1.54, 1.807) is 0 Å². The third-order valence-corrected chi connectivity index (χ3v) is 4.43. The Morgan fingerprint density at radius 3 is 2.59 bits per heavy atom. The molecule has 1 N–H and O–H groups in total. The molecule has 0 aromatic carbocycles. The number of nitrogens with zero attached hydrogens (tertiary/aromatic N) is 1. The van der Waals surface area contributed by atoms with Crippen molar-refractivity contribution in [2.45, 2.75) is 52.0 Å². The molecule has 1 aliphatic carbocycles. The summed E-state index contributed by atoms with van der Waals surface area (Å²) in [5.41, 5.74) is 3.06. The Bertz CT molecular complexity index is 367. The van der Waals surface area contributed by atoms with Gasteiger partial charge in [-0.05, 0) is 49.8 Å². The van der Waals surface area contributed by atoms with E-state index in [4.69, 9.17) is 0 Å². The van der Waals surface area contributed by atoms with Crippen LogP contribution in [0.4, 0.5) is 0 Å². The summed E-state index contributed by atoms with van der Waals surface area (Å²) in [7, 11) is 2.09. The summed E-state index contributed by atoms with van der Waals surface area (Å²) in [5.74, 6) is 0. The SMILES string of the molecule is CCC1(C(NC)c2cncc(C)c2)CCCC1. The minimum Gasteiger partial charge on any atom is -0.312 e. The zero-order valence-electron chi connectivity index (χ0n) is 11.3. The molecule has 1 unspecified atom stereocenters. The van der Waals surface area contributed by atoms with Crippen molar-refractivity contribution in [3.05, 3.63) is 29.6 Å². The van der Waals surface area contributed by atoms with Crippen LogP contribution < -0.4 is 5.32 Å². The van der Waals surface area contributed by atoms with Crippen molar-refractivity contribution in [2.75, 3.05) is 7.05 Å². The Morgan fingerprint density at radius 2 is 2.06 bits per heavy atom. The monoisotopic (exact) mass is 232 g/mol. The van der Waals surface area contributed by atoms with Gasteiger partial charge in [-0.25, -0.2) is 0 Å². The van der Waals surface area contributed by atoms with E-state index in [1.165, 1.54) is 43.2 Å². The third kappa shape index (κ3) is 2.37. The zero-order valence-corrected chi connectivity index (χ0v) is 11.3. The maximum absolute atomic E-state index is 4.35. The van der Waals surface area contributed by atoms with Gasteiger partial charge in [0.25, 0.3) is 0 Å². The summed E-state index contributed by atoms with van der Waals surface area (Å²) in [6.07, 6.45) is 10.7. The van der Waals surface area contributed by atoms with E-state index >= 15 is 0 Å². The first-order valence-corrected chi connectivity index (χ1v) is 6.80. The molecule has 1 fully saturated rings. The second kappa shape index (κ2) is 5.18. The van der Waals surface area contributed by atoms with Gasteiger partial charge in [-0.3, -0.25) is 4.98 Å². The molecule has 0 amide bonds. The smallest absolute Gasteiger partial charge is 0.0390 e. The van der Waals surface area contributed by atoms with Crippen LogP contribution in [0.3, 0.4) is 0 Å². The highest BCUT2D eigenvalue weighted by molar-refractivity contribution is 5.23. The van der Waals surface area contributed by atoms with Gasteiger partial charge < -0.3 is 5.32 Å². The normalized spacial score (nSPS) is 20.4. The van der Waals surface area contributed by atoms with Crippen LogP contribution in [0.25, 0.3) is 0 Å². The molecular formula is C15H24N2. The molecule has 0 aliphatic heterocycles. The fraction of sp³-hybridized carbons (Fsp3) is 0.667. The van der Waals surface area contributed by atoms with E-state index < -0.39 is 0 Å². The minimum atomic E-state index is 0.449. The largest absolute Gasteiger partial charge is 0.312 e. The number of hydrogen-bond acceptors (Lipinski definition) is 2. The fourth-order valence-corrected chi connectivity index (χ4v) is 3.49. The van der Waals surface area contributed by atoms with Gasteiger partial charge in [0.1, 0.15) is 0 Å². The molecule has 0 bridgehead atoms. The molecule has 2 heteroatoms. The van der Waals surface area contributed by atoms with E-state index in [9.17, 15) is 0 Å². The molecule has 2 nitrogen and oxygen atoms in total. The van der Waals surface area contributed by atoms with Gasteiger partial charge in [0.15, 0.2) is 0 Å². The van der Waals surface area contributed by atoms with E-state index in [0.717, 1.165) is 0 Å². The number of aryl methyl sites for hydroxylation is 1. The summed E-state index contributed by atoms with van der Waals surface area (Å²) < 4.78 is 0. The zero-order chi connectivity index (χ0) is 12.3. The van der Waals surface area contributed by atoms with E-state index in [-0.39, 0.29) is 0 Å². The highest BCUT2D eigenvalue weighted by Crippen LogP contribution is 2.49. The fourth-order valence-electron chi connectivity index (χ4n) is 3.49. The first-order chi connectivity index (χ1) is 8.22. The standard InChI is InChI=1S/C15H24N2/c1-4-15(7-5-6-8-15)14(16-3)13-9-12(2)10-17-11-13/h9-11,14,16H,4-8H2,1-3H3. The summed E-state index contributed by atoms with van der Waals surface area (Å²) in [4.78, 5) is 4.35. The summed E-state index contributed by atoms with van der Waals surface area (Å²) >= 11 is 0. The van der Waals surface area contributed by atoms with Gasteiger partial charge in [-0.15, -0.1) is 0 Å². The van der Waals surface area contributed by atoms with Crippen molar-refractivity contribution in [3.8, 4) is 0 Å². The summed E-state index contributed by atoms with van der Waals surface area (Å²) in [6.45, 7) is 4.45. The molecule has 0 radical (unpaired) electrons. The van der Waals surface area contributed by atoms with Crippen LogP contribution in [0.2, 0.25) is 0 Å². The molecule has 0 spiro atoms. The Balaban J connectivity index is 2.32. The summed E-state index contributed by atoms with van der Waals surface area (Å²) in [5, 5.41) is 3.54. The Morgan fingerprint density at radius 1 is 1.35 bits per heavy atom. The number of nitrogens with one attached hydrogen (secondary N) is 1. The lowest BCUT2D eigenvalue weighted by Crippen LogP contribution is -2.34. The van der Waals surface area contributed by atoms with Crippen LogP contribution in [0.5, 0.6) is 0 Å². The second-order valence-electron chi connectivity index (χ2n) is 5.44. The van der Waals surface area contributed by atoms with Crippen molar-refractivity contribution >= 4 is 0 Å². The average molecular weight is 232 g/mol. The number of pyridine rings is 1. The lowest BCUT2D eigenvalue weighted by Gasteiger charge is -2.37. The second-order valence-corrected chi connectivity index (χ2v) is 5.44. The van der Waals surface area contributed by atoms with Gasteiger partial charge in [-0.2, -0.15) is 0 Å². The van der Waals surface area contributed by atoms with Crippen molar-refractivity contribution in [3.63, 3.8) is 0 Å². The molecule has 1 saturated carbocycles. The minimum absolute atomic E-state index is 0.449. The predicted octanol–water partition coefficient (Wildman–Crippen LogP) is 3.62. The molecule has 0 saturated heterocycles. The molecule has 2 rings (SSSR count). The highest BCUT2D eigenvalue weighted by atomic mass is 14.9. The van der Waals surface area contributed by atoms with Crippen molar-refractivity contribution < 1.29 is 0 Å². The topological polar surface area (TPSA) is 24.9 Å². The quantitative estimate of drug-likeness (QED) is 0.857. The maximum Gasteiger partial charge on any atom is 0.0390 e. The van der Waals surface area contributed by atoms with Crippen LogP contribution in [0.15, 0.2) is 18.5 Å². The van der Waals surface area contributed by atoms with Crippen molar-refractivity contribution in [1.29, 1.82) is 0 Å². The van der Waals surface area contributed by atoms with Crippen molar-refractivity contribution in [2.24, 2.45) is 5.41 Å². The van der Waals surface area contributed by atoms with Crippen LogP contribution in [0.1, 0.15) is 56.2 Å². The molecule has 1 aliphatic rings. The first-order valence-electron chi connectivity index (χ1n) is 6.80. The summed E-state index contributed by atoms with van der Waals surface area (Å²) in [6, 6.07) is 2.74. The number of hydrogen-bond donors (Lipinski definition) is 1. The average Bonchev–Trinajstić information content (AvgIpc) is 2.80. The van der Waals surface area contributed by atoms with Crippen LogP contribution in [0, 0.1) is 12.3 Å². The van der Waals surface area contributed by atoms with E-state index in [2.05, 4.69) is 37.3 Å². The molecular weight excluding hydrogens is 208 g/mol. The van der Waals surface area contributed by atoms with Crippen LogP contribution >= 0.6 is 0 Å². The van der Waals surface area contributed by atoms with E-state index in [0.29, 0.717) is 11.5 Å². The molecule has 94 valence electrons. The molecule has 1 aromatic rings. The van der Waals surface area contributed by atoms with Crippen LogP contribution in [-0.4, -0.2) is 12.0 Å². The first kappa shape index (κ1) is 12.6. The van der Waals surface area contributed by atoms with Crippen LogP contribution in [-0.2, 0) is 0 Å².